The predicted molar refractivity (Wildman–Crippen MR) is 149 cm³/mol. The molecule has 0 aliphatic heterocycles. The SMILES string of the molecule is CCS(=O)(=O)c1ccc(CNC(=O)c2ccc3c(c2)cc(Cc2ccc(C)cc2)n3C2CCCC2)cc1. The van der Waals surface area contributed by atoms with E-state index in [2.05, 4.69) is 53.2 Å². The van der Waals surface area contributed by atoms with E-state index in [1.54, 1.807) is 31.2 Å². The van der Waals surface area contributed by atoms with E-state index in [0.29, 0.717) is 23.0 Å². The number of aryl methyl sites for hydroxylation is 1. The molecule has 0 atom stereocenters. The molecule has 0 bridgehead atoms. The Morgan fingerprint density at radius 2 is 1.59 bits per heavy atom. The fourth-order valence-electron chi connectivity index (χ4n) is 5.35. The Morgan fingerprint density at radius 3 is 2.27 bits per heavy atom. The predicted octanol–water partition coefficient (Wildman–Crippen LogP) is 6.38. The molecule has 5 rings (SSSR count). The molecule has 0 spiro atoms. The van der Waals surface area contributed by atoms with Crippen molar-refractivity contribution in [3.05, 3.63) is 101 Å². The molecule has 1 aliphatic carbocycles. The molecule has 1 aliphatic rings. The number of hydrogen-bond donors (Lipinski definition) is 1. The summed E-state index contributed by atoms with van der Waals surface area (Å²) >= 11 is 0. The first-order valence-corrected chi connectivity index (χ1v) is 14.8. The van der Waals surface area contributed by atoms with Crippen molar-refractivity contribution >= 4 is 26.6 Å². The first kappa shape index (κ1) is 25.3. The van der Waals surface area contributed by atoms with Crippen LogP contribution in [0.25, 0.3) is 10.9 Å². The summed E-state index contributed by atoms with van der Waals surface area (Å²) in [6.45, 7) is 4.08. The molecule has 4 aromatic rings. The topological polar surface area (TPSA) is 68.2 Å². The van der Waals surface area contributed by atoms with Gasteiger partial charge in [-0.1, -0.05) is 61.7 Å². The van der Waals surface area contributed by atoms with E-state index < -0.39 is 9.84 Å². The maximum Gasteiger partial charge on any atom is 0.251 e. The van der Waals surface area contributed by atoms with Gasteiger partial charge in [0.05, 0.1) is 10.6 Å². The Morgan fingerprint density at radius 1 is 0.919 bits per heavy atom. The van der Waals surface area contributed by atoms with Crippen LogP contribution in [0, 0.1) is 6.92 Å². The third-order valence-electron chi connectivity index (χ3n) is 7.49. The number of sulfone groups is 1. The van der Waals surface area contributed by atoms with Crippen LogP contribution < -0.4 is 5.32 Å². The van der Waals surface area contributed by atoms with Gasteiger partial charge >= 0.3 is 0 Å². The summed E-state index contributed by atoms with van der Waals surface area (Å²) in [6.07, 6.45) is 5.80. The second kappa shape index (κ2) is 10.5. The van der Waals surface area contributed by atoms with Crippen LogP contribution in [0.4, 0.5) is 0 Å². The average molecular weight is 515 g/mol. The van der Waals surface area contributed by atoms with Crippen molar-refractivity contribution in [2.75, 3.05) is 5.75 Å². The van der Waals surface area contributed by atoms with Crippen molar-refractivity contribution in [3.8, 4) is 0 Å². The maximum atomic E-state index is 13.0. The molecule has 0 radical (unpaired) electrons. The number of hydrogen-bond acceptors (Lipinski definition) is 3. The molecule has 0 unspecified atom stereocenters. The van der Waals surface area contributed by atoms with Gasteiger partial charge in [-0.05, 0) is 67.3 Å². The van der Waals surface area contributed by atoms with Crippen molar-refractivity contribution < 1.29 is 13.2 Å². The molecule has 1 aromatic heterocycles. The second-order valence-electron chi connectivity index (χ2n) is 10.1. The number of nitrogens with one attached hydrogen (secondary N) is 1. The Balaban J connectivity index is 1.36. The summed E-state index contributed by atoms with van der Waals surface area (Å²) in [5, 5.41) is 4.07. The highest BCUT2D eigenvalue weighted by Crippen LogP contribution is 2.36. The Labute approximate surface area is 219 Å². The fraction of sp³-hybridized carbons (Fsp3) is 0.323. The van der Waals surface area contributed by atoms with Gasteiger partial charge in [-0.3, -0.25) is 4.79 Å². The van der Waals surface area contributed by atoms with Crippen molar-refractivity contribution in [1.29, 1.82) is 0 Å². The molecule has 5 nitrogen and oxygen atoms in total. The molecule has 1 N–H and O–H groups in total. The van der Waals surface area contributed by atoms with Gasteiger partial charge in [-0.15, -0.1) is 0 Å². The maximum absolute atomic E-state index is 13.0. The first-order chi connectivity index (χ1) is 17.8. The lowest BCUT2D eigenvalue weighted by Gasteiger charge is -2.18. The minimum Gasteiger partial charge on any atom is -0.348 e. The molecule has 1 saturated carbocycles. The fourth-order valence-corrected chi connectivity index (χ4v) is 6.23. The van der Waals surface area contributed by atoms with Gasteiger partial charge in [0, 0.05) is 41.2 Å². The minimum atomic E-state index is -3.23. The summed E-state index contributed by atoms with van der Waals surface area (Å²) in [7, 11) is -3.23. The number of nitrogens with zero attached hydrogens (tertiary/aromatic N) is 1. The Kier molecular flexibility index (Phi) is 7.20. The normalized spacial score (nSPS) is 14.3. The van der Waals surface area contributed by atoms with E-state index in [4.69, 9.17) is 0 Å². The summed E-state index contributed by atoms with van der Waals surface area (Å²) in [4.78, 5) is 13.3. The number of aromatic nitrogens is 1. The number of carbonyl (C=O) groups is 1. The first-order valence-electron chi connectivity index (χ1n) is 13.1. The summed E-state index contributed by atoms with van der Waals surface area (Å²) in [5.41, 5.74) is 6.53. The van der Waals surface area contributed by atoms with Crippen molar-refractivity contribution in [1.82, 2.24) is 9.88 Å². The molecule has 192 valence electrons. The van der Waals surface area contributed by atoms with Gasteiger partial charge in [0.2, 0.25) is 0 Å². The molecule has 37 heavy (non-hydrogen) atoms. The zero-order valence-electron chi connectivity index (χ0n) is 21.5. The monoisotopic (exact) mass is 514 g/mol. The third kappa shape index (κ3) is 5.49. The van der Waals surface area contributed by atoms with Crippen LogP contribution >= 0.6 is 0 Å². The molecular formula is C31H34N2O3S. The molecule has 1 amide bonds. The van der Waals surface area contributed by atoms with Crippen LogP contribution in [0.15, 0.2) is 77.7 Å². The van der Waals surface area contributed by atoms with Crippen molar-refractivity contribution in [2.45, 2.75) is 63.4 Å². The Hall–Kier alpha value is -3.38. The van der Waals surface area contributed by atoms with Crippen molar-refractivity contribution in [2.24, 2.45) is 0 Å². The standard InChI is InChI=1S/C31H34N2O3S/c1-3-37(35,36)29-15-12-24(13-16-29)21-32-31(34)25-14-17-30-26(19-25)20-28(33(30)27-6-4-5-7-27)18-23-10-8-22(2)9-11-23/h8-17,19-20,27H,3-7,18,21H2,1-2H3,(H,32,34). The number of amides is 1. The lowest BCUT2D eigenvalue weighted by Crippen LogP contribution is -2.22. The number of carbonyl (C=O) groups excluding carboxylic acids is 1. The van der Waals surface area contributed by atoms with E-state index in [9.17, 15) is 13.2 Å². The van der Waals surface area contributed by atoms with Crippen LogP contribution in [0.3, 0.4) is 0 Å². The van der Waals surface area contributed by atoms with E-state index in [1.807, 2.05) is 12.1 Å². The van der Waals surface area contributed by atoms with E-state index in [1.165, 1.54) is 48.0 Å². The quantitative estimate of drug-likeness (QED) is 0.297. The second-order valence-corrected chi connectivity index (χ2v) is 12.4. The smallest absolute Gasteiger partial charge is 0.251 e. The molecule has 1 heterocycles. The van der Waals surface area contributed by atoms with Crippen LogP contribution in [-0.4, -0.2) is 24.6 Å². The average Bonchev–Trinajstić information content (AvgIpc) is 3.56. The van der Waals surface area contributed by atoms with Gasteiger partial charge < -0.3 is 9.88 Å². The lowest BCUT2D eigenvalue weighted by atomic mass is 10.1. The summed E-state index contributed by atoms with van der Waals surface area (Å²) in [6, 6.07) is 24.2. The van der Waals surface area contributed by atoms with E-state index >= 15 is 0 Å². The zero-order valence-corrected chi connectivity index (χ0v) is 22.4. The van der Waals surface area contributed by atoms with Gasteiger partial charge in [0.1, 0.15) is 0 Å². The number of benzene rings is 3. The highest BCUT2D eigenvalue weighted by atomic mass is 32.2. The van der Waals surface area contributed by atoms with E-state index in [0.717, 1.165) is 17.4 Å². The Bertz CT molecular complexity index is 1510. The molecular weight excluding hydrogens is 480 g/mol. The molecule has 3 aromatic carbocycles. The lowest BCUT2D eigenvalue weighted by molar-refractivity contribution is 0.0951. The molecule has 1 fully saturated rings. The molecule has 6 heteroatoms. The zero-order chi connectivity index (χ0) is 26.0. The van der Waals surface area contributed by atoms with Gasteiger partial charge in [0.25, 0.3) is 5.91 Å². The highest BCUT2D eigenvalue weighted by Gasteiger charge is 2.22. The molecule has 0 saturated heterocycles. The van der Waals surface area contributed by atoms with Gasteiger partial charge in [-0.25, -0.2) is 8.42 Å². The van der Waals surface area contributed by atoms with Crippen molar-refractivity contribution in [3.63, 3.8) is 0 Å². The highest BCUT2D eigenvalue weighted by molar-refractivity contribution is 7.91. The number of fused-ring (bicyclic) bond motifs is 1. The van der Waals surface area contributed by atoms with Crippen LogP contribution in [0.2, 0.25) is 0 Å². The van der Waals surface area contributed by atoms with Gasteiger partial charge in [-0.2, -0.15) is 0 Å². The van der Waals surface area contributed by atoms with Gasteiger partial charge in [0.15, 0.2) is 9.84 Å². The third-order valence-corrected chi connectivity index (χ3v) is 9.24. The minimum absolute atomic E-state index is 0.0702. The van der Waals surface area contributed by atoms with Crippen LogP contribution in [0.5, 0.6) is 0 Å². The largest absolute Gasteiger partial charge is 0.348 e. The van der Waals surface area contributed by atoms with E-state index in [-0.39, 0.29) is 11.7 Å². The summed E-state index contributed by atoms with van der Waals surface area (Å²) in [5.74, 6) is -0.0679. The number of rotatable bonds is 8. The summed E-state index contributed by atoms with van der Waals surface area (Å²) < 4.78 is 26.6. The van der Waals surface area contributed by atoms with Crippen LogP contribution in [0.1, 0.15) is 71.4 Å². The van der Waals surface area contributed by atoms with Crippen LogP contribution in [-0.2, 0) is 22.8 Å².